The molecule has 2 N–H and O–H groups in total. The molecule has 1 aliphatic rings. The number of nitrogens with one attached hydrogen (secondary N) is 2. The molecule has 0 atom stereocenters. The Labute approximate surface area is 179 Å². The van der Waals surface area contributed by atoms with Crippen molar-refractivity contribution in [3.8, 4) is 0 Å². The van der Waals surface area contributed by atoms with Crippen molar-refractivity contribution < 1.29 is 9.53 Å². The summed E-state index contributed by atoms with van der Waals surface area (Å²) in [5, 5.41) is 9.90. The highest BCUT2D eigenvalue weighted by molar-refractivity contribution is 7.08. The third-order valence-corrected chi connectivity index (χ3v) is 5.39. The number of urea groups is 1. The standard InChI is InChI=1S/C21H24N6O2S/c28-21(24-7-8-26-9-11-29-12-10-26)25-17-2-1-3-18(14-17)27(19-4-13-30-16-19)20-15-22-5-6-23-20/h1-6,13-16H,7-12H2,(H2,24,25,28). The number of carbonyl (C=O) groups is 1. The minimum absolute atomic E-state index is 0.220. The van der Waals surface area contributed by atoms with Gasteiger partial charge in [0.15, 0.2) is 5.82 Å². The molecule has 0 aliphatic carbocycles. The van der Waals surface area contributed by atoms with E-state index in [1.807, 2.05) is 46.0 Å². The summed E-state index contributed by atoms with van der Waals surface area (Å²) in [6.07, 6.45) is 5.03. The molecule has 0 radical (unpaired) electrons. The Bertz CT molecular complexity index is 932. The van der Waals surface area contributed by atoms with E-state index in [2.05, 4.69) is 25.5 Å². The van der Waals surface area contributed by atoms with Gasteiger partial charge in [-0.3, -0.25) is 14.8 Å². The second-order valence-electron chi connectivity index (χ2n) is 6.77. The lowest BCUT2D eigenvalue weighted by Crippen LogP contribution is -2.42. The number of hydrogen-bond donors (Lipinski definition) is 2. The van der Waals surface area contributed by atoms with Crippen LogP contribution in [0, 0.1) is 0 Å². The van der Waals surface area contributed by atoms with Crippen molar-refractivity contribution in [2.45, 2.75) is 0 Å². The maximum atomic E-state index is 12.3. The largest absolute Gasteiger partial charge is 0.379 e. The normalized spacial score (nSPS) is 14.3. The lowest BCUT2D eigenvalue weighted by atomic mass is 10.2. The van der Waals surface area contributed by atoms with Crippen LogP contribution in [0.1, 0.15) is 0 Å². The first-order valence-corrected chi connectivity index (χ1v) is 10.8. The Morgan fingerprint density at radius 1 is 1.20 bits per heavy atom. The molecule has 2 aromatic heterocycles. The van der Waals surface area contributed by atoms with E-state index in [1.165, 1.54) is 0 Å². The van der Waals surface area contributed by atoms with Gasteiger partial charge in [0.1, 0.15) is 0 Å². The predicted molar refractivity (Wildman–Crippen MR) is 119 cm³/mol. The molecule has 3 aromatic rings. The third-order valence-electron chi connectivity index (χ3n) is 4.72. The van der Waals surface area contributed by atoms with Crippen LogP contribution in [-0.2, 0) is 4.74 Å². The highest BCUT2D eigenvalue weighted by Gasteiger charge is 2.15. The molecule has 30 heavy (non-hydrogen) atoms. The number of hydrogen-bond acceptors (Lipinski definition) is 7. The minimum atomic E-state index is -0.220. The molecule has 1 saturated heterocycles. The summed E-state index contributed by atoms with van der Waals surface area (Å²) in [5.41, 5.74) is 2.59. The van der Waals surface area contributed by atoms with E-state index in [-0.39, 0.29) is 6.03 Å². The van der Waals surface area contributed by atoms with Crippen LogP contribution in [0.5, 0.6) is 0 Å². The van der Waals surface area contributed by atoms with Crippen molar-refractivity contribution in [2.24, 2.45) is 0 Å². The third kappa shape index (κ3) is 5.32. The van der Waals surface area contributed by atoms with Gasteiger partial charge in [-0.2, -0.15) is 11.3 Å². The van der Waals surface area contributed by atoms with Crippen LogP contribution in [-0.4, -0.2) is 60.3 Å². The fourth-order valence-electron chi connectivity index (χ4n) is 3.26. The molecule has 156 valence electrons. The molecule has 4 rings (SSSR count). The zero-order valence-corrected chi connectivity index (χ0v) is 17.3. The van der Waals surface area contributed by atoms with Crippen LogP contribution in [0.15, 0.2) is 59.7 Å². The number of carbonyl (C=O) groups excluding carboxylic acids is 1. The van der Waals surface area contributed by atoms with Crippen molar-refractivity contribution in [3.63, 3.8) is 0 Å². The molecule has 9 heteroatoms. The van der Waals surface area contributed by atoms with Crippen LogP contribution in [0.4, 0.5) is 27.7 Å². The maximum absolute atomic E-state index is 12.3. The summed E-state index contributed by atoms with van der Waals surface area (Å²) in [7, 11) is 0. The van der Waals surface area contributed by atoms with Gasteiger partial charge in [0, 0.05) is 55.3 Å². The van der Waals surface area contributed by atoms with Crippen LogP contribution in [0.25, 0.3) is 0 Å². The molecule has 1 fully saturated rings. The Balaban J connectivity index is 1.41. The molecular formula is C21H24N6O2S. The highest BCUT2D eigenvalue weighted by atomic mass is 32.1. The number of benzene rings is 1. The Kier molecular flexibility index (Phi) is 6.86. The van der Waals surface area contributed by atoms with Crippen molar-refractivity contribution in [2.75, 3.05) is 49.6 Å². The van der Waals surface area contributed by atoms with Crippen molar-refractivity contribution in [1.29, 1.82) is 0 Å². The van der Waals surface area contributed by atoms with Gasteiger partial charge in [0.25, 0.3) is 0 Å². The maximum Gasteiger partial charge on any atom is 0.319 e. The summed E-state index contributed by atoms with van der Waals surface area (Å²) >= 11 is 1.61. The molecule has 0 bridgehead atoms. The summed E-state index contributed by atoms with van der Waals surface area (Å²) in [4.78, 5) is 25.3. The van der Waals surface area contributed by atoms with Gasteiger partial charge in [0.2, 0.25) is 0 Å². The van der Waals surface area contributed by atoms with Gasteiger partial charge in [-0.05, 0) is 29.6 Å². The molecule has 0 unspecified atom stereocenters. The first-order valence-electron chi connectivity index (χ1n) is 9.83. The fraction of sp³-hybridized carbons (Fsp3) is 0.286. The summed E-state index contributed by atoms with van der Waals surface area (Å²) < 4.78 is 5.34. The quantitative estimate of drug-likeness (QED) is 0.604. The van der Waals surface area contributed by atoms with E-state index in [9.17, 15) is 4.79 Å². The topological polar surface area (TPSA) is 82.6 Å². The first kappa shape index (κ1) is 20.3. The molecule has 0 spiro atoms. The van der Waals surface area contributed by atoms with Gasteiger partial charge >= 0.3 is 6.03 Å². The molecule has 3 heterocycles. The van der Waals surface area contributed by atoms with Crippen LogP contribution >= 0.6 is 11.3 Å². The zero-order valence-electron chi connectivity index (χ0n) is 16.5. The second kappa shape index (κ2) is 10.1. The van der Waals surface area contributed by atoms with Crippen molar-refractivity contribution in [1.82, 2.24) is 20.2 Å². The van der Waals surface area contributed by atoms with E-state index in [0.717, 1.165) is 44.2 Å². The van der Waals surface area contributed by atoms with Gasteiger partial charge in [0.05, 0.1) is 25.1 Å². The number of aromatic nitrogens is 2. The number of amides is 2. The summed E-state index contributed by atoms with van der Waals surface area (Å²) in [6, 6.07) is 9.49. The summed E-state index contributed by atoms with van der Waals surface area (Å²) in [6.45, 7) is 4.73. The van der Waals surface area contributed by atoms with E-state index in [1.54, 1.807) is 29.9 Å². The molecule has 1 aliphatic heterocycles. The number of rotatable bonds is 7. The van der Waals surface area contributed by atoms with Gasteiger partial charge in [-0.15, -0.1) is 0 Å². The number of nitrogens with zero attached hydrogens (tertiary/aromatic N) is 4. The molecule has 1 aromatic carbocycles. The number of morpholine rings is 1. The zero-order chi connectivity index (χ0) is 20.6. The molecule has 8 nitrogen and oxygen atoms in total. The molecular weight excluding hydrogens is 400 g/mol. The highest BCUT2D eigenvalue weighted by Crippen LogP contribution is 2.35. The van der Waals surface area contributed by atoms with Crippen LogP contribution in [0.2, 0.25) is 0 Å². The first-order chi connectivity index (χ1) is 14.8. The summed E-state index contributed by atoms with van der Waals surface area (Å²) in [5.74, 6) is 0.711. The average Bonchev–Trinajstić information content (AvgIpc) is 3.30. The van der Waals surface area contributed by atoms with Crippen molar-refractivity contribution in [3.05, 3.63) is 59.7 Å². The monoisotopic (exact) mass is 424 g/mol. The Hall–Kier alpha value is -3.01. The average molecular weight is 425 g/mol. The van der Waals surface area contributed by atoms with Gasteiger partial charge in [-0.25, -0.2) is 9.78 Å². The smallest absolute Gasteiger partial charge is 0.319 e. The number of ether oxygens (including phenoxy) is 1. The van der Waals surface area contributed by atoms with E-state index in [4.69, 9.17) is 4.74 Å². The van der Waals surface area contributed by atoms with E-state index < -0.39 is 0 Å². The molecule has 2 amide bonds. The predicted octanol–water partition coefficient (Wildman–Crippen LogP) is 3.46. The lowest BCUT2D eigenvalue weighted by Gasteiger charge is -2.26. The number of thiophene rings is 1. The fourth-order valence-corrected chi connectivity index (χ4v) is 3.88. The van der Waals surface area contributed by atoms with Crippen LogP contribution < -0.4 is 15.5 Å². The molecule has 0 saturated carbocycles. The Morgan fingerprint density at radius 3 is 2.87 bits per heavy atom. The number of anilines is 4. The van der Waals surface area contributed by atoms with Gasteiger partial charge in [-0.1, -0.05) is 6.07 Å². The van der Waals surface area contributed by atoms with E-state index >= 15 is 0 Å². The second-order valence-corrected chi connectivity index (χ2v) is 7.55. The minimum Gasteiger partial charge on any atom is -0.379 e. The van der Waals surface area contributed by atoms with E-state index in [0.29, 0.717) is 18.1 Å². The van der Waals surface area contributed by atoms with Gasteiger partial charge < -0.3 is 15.4 Å². The lowest BCUT2D eigenvalue weighted by molar-refractivity contribution is 0.0388. The van der Waals surface area contributed by atoms with Crippen molar-refractivity contribution >= 4 is 40.2 Å². The Morgan fingerprint density at radius 2 is 2.10 bits per heavy atom. The SMILES string of the molecule is O=C(NCCN1CCOCC1)Nc1cccc(N(c2ccsc2)c2cnccn2)c1. The van der Waals surface area contributed by atoms with Crippen LogP contribution in [0.3, 0.4) is 0 Å².